The number of halogens is 1. The highest BCUT2D eigenvalue weighted by Crippen LogP contribution is 2.27. The van der Waals surface area contributed by atoms with Crippen molar-refractivity contribution in [1.29, 1.82) is 0 Å². The number of hydrogen-bond donors (Lipinski definition) is 0. The number of para-hydroxylation sites is 1. The van der Waals surface area contributed by atoms with Crippen LogP contribution in [0.2, 0.25) is 0 Å². The number of piperidine rings is 1. The van der Waals surface area contributed by atoms with E-state index in [2.05, 4.69) is 11.0 Å². The molecule has 1 saturated heterocycles. The molecule has 0 atom stereocenters. The highest BCUT2D eigenvalue weighted by atomic mass is 32.1. The number of nitrogens with zero attached hydrogens (tertiary/aromatic N) is 4. The largest absolute Gasteiger partial charge is 0.317 e. The van der Waals surface area contributed by atoms with E-state index in [1.165, 1.54) is 28.4 Å². The first-order valence-corrected chi connectivity index (χ1v) is 10.8. The molecule has 5 rings (SSSR count). The molecule has 1 aliphatic rings. The maximum Gasteiger partial charge on any atom is 0.317 e. The van der Waals surface area contributed by atoms with Gasteiger partial charge in [0.25, 0.3) is 0 Å². The summed E-state index contributed by atoms with van der Waals surface area (Å²) in [6, 6.07) is 12.3. The van der Waals surface area contributed by atoms with Crippen molar-refractivity contribution in [3.8, 4) is 0 Å². The van der Waals surface area contributed by atoms with Gasteiger partial charge in [-0.25, -0.2) is 9.37 Å². The number of aromatic nitrogens is 3. The lowest BCUT2D eigenvalue weighted by molar-refractivity contribution is 0.179. The molecule has 1 fully saturated rings. The van der Waals surface area contributed by atoms with Gasteiger partial charge in [0, 0.05) is 26.2 Å². The normalized spacial score (nSPS) is 15.9. The van der Waals surface area contributed by atoms with Crippen LogP contribution in [0.3, 0.4) is 0 Å². The van der Waals surface area contributed by atoms with Gasteiger partial charge in [0.1, 0.15) is 10.8 Å². The van der Waals surface area contributed by atoms with Gasteiger partial charge in [-0.1, -0.05) is 12.1 Å². The smallest absolute Gasteiger partial charge is 0.305 e. The minimum absolute atomic E-state index is 0.0778. The van der Waals surface area contributed by atoms with Crippen LogP contribution in [0, 0.1) is 5.82 Å². The second-order valence-electron chi connectivity index (χ2n) is 7.76. The average molecular weight is 425 g/mol. The van der Waals surface area contributed by atoms with E-state index in [-0.39, 0.29) is 6.04 Å². The van der Waals surface area contributed by atoms with Crippen LogP contribution in [-0.4, -0.2) is 32.1 Å². The summed E-state index contributed by atoms with van der Waals surface area (Å²) in [5.41, 5.74) is 0.911. The summed E-state index contributed by atoms with van der Waals surface area (Å²) >= 11 is 1.71. The van der Waals surface area contributed by atoms with Crippen molar-refractivity contribution in [2.24, 2.45) is 7.05 Å². The van der Waals surface area contributed by atoms with Crippen molar-refractivity contribution in [3.05, 3.63) is 74.0 Å². The van der Waals surface area contributed by atoms with Crippen molar-refractivity contribution in [1.82, 2.24) is 19.0 Å². The summed E-state index contributed by atoms with van der Waals surface area (Å²) in [5, 5.41) is 1.08. The third-order valence-corrected chi connectivity index (χ3v) is 6.91. The molecule has 30 heavy (non-hydrogen) atoms. The molecule has 0 bridgehead atoms. The van der Waals surface area contributed by atoms with E-state index in [9.17, 15) is 14.0 Å². The van der Waals surface area contributed by atoms with Gasteiger partial charge in [-0.3, -0.25) is 19.1 Å². The molecule has 154 valence electrons. The van der Waals surface area contributed by atoms with Gasteiger partial charge in [0.15, 0.2) is 0 Å². The summed E-state index contributed by atoms with van der Waals surface area (Å²) in [7, 11) is 1.51. The Balaban J connectivity index is 1.39. The fourth-order valence-electron chi connectivity index (χ4n) is 4.31. The molecule has 0 unspecified atom stereocenters. The maximum absolute atomic E-state index is 13.7. The van der Waals surface area contributed by atoms with Crippen LogP contribution in [0.15, 0.2) is 52.1 Å². The molecule has 0 radical (unpaired) electrons. The van der Waals surface area contributed by atoms with Crippen LogP contribution in [0.1, 0.15) is 23.9 Å². The first kappa shape index (κ1) is 19.1. The standard InChI is InChI=1S/C22H21FN4O2S/c1-25-18-12-14(23)6-7-17(18)27(22(29)21(25)28)15-8-10-26(11-9-15)13-20-24-16-4-2-3-5-19(16)30-20/h2-7,12,15H,8-11,13H2,1H3. The van der Waals surface area contributed by atoms with E-state index in [0.29, 0.717) is 11.0 Å². The number of aryl methyl sites for hydroxylation is 1. The molecule has 8 heteroatoms. The minimum Gasteiger partial charge on any atom is -0.305 e. The van der Waals surface area contributed by atoms with Crippen LogP contribution in [0.4, 0.5) is 4.39 Å². The van der Waals surface area contributed by atoms with Gasteiger partial charge in [0.2, 0.25) is 0 Å². The second kappa shape index (κ2) is 7.45. The molecule has 2 aromatic carbocycles. The van der Waals surface area contributed by atoms with E-state index in [0.717, 1.165) is 43.0 Å². The van der Waals surface area contributed by atoms with Crippen molar-refractivity contribution in [2.75, 3.05) is 13.1 Å². The Kier molecular flexibility index (Phi) is 4.75. The lowest BCUT2D eigenvalue weighted by Gasteiger charge is -2.33. The Labute approximate surface area is 175 Å². The van der Waals surface area contributed by atoms with Gasteiger partial charge in [-0.15, -0.1) is 11.3 Å². The summed E-state index contributed by atoms with van der Waals surface area (Å²) in [4.78, 5) is 32.3. The molecule has 1 aliphatic heterocycles. The third-order valence-electron chi connectivity index (χ3n) is 5.88. The van der Waals surface area contributed by atoms with Gasteiger partial charge in [-0.05, 0) is 43.2 Å². The van der Waals surface area contributed by atoms with Crippen LogP contribution in [0.5, 0.6) is 0 Å². The molecule has 0 N–H and O–H groups in total. The number of hydrogen-bond acceptors (Lipinski definition) is 5. The lowest BCUT2D eigenvalue weighted by atomic mass is 10.0. The third kappa shape index (κ3) is 3.26. The average Bonchev–Trinajstić information content (AvgIpc) is 3.16. The zero-order chi connectivity index (χ0) is 20.8. The summed E-state index contributed by atoms with van der Waals surface area (Å²) in [5.74, 6) is -0.423. The number of rotatable bonds is 3. The molecule has 2 aromatic heterocycles. The van der Waals surface area contributed by atoms with E-state index < -0.39 is 16.9 Å². The van der Waals surface area contributed by atoms with Gasteiger partial charge in [-0.2, -0.15) is 0 Å². The molecular formula is C22H21FN4O2S. The molecule has 3 heterocycles. The van der Waals surface area contributed by atoms with Crippen molar-refractivity contribution >= 4 is 32.6 Å². The fraction of sp³-hybridized carbons (Fsp3) is 0.318. The first-order valence-electron chi connectivity index (χ1n) is 9.99. The van der Waals surface area contributed by atoms with E-state index in [1.807, 2.05) is 18.2 Å². The van der Waals surface area contributed by atoms with E-state index >= 15 is 0 Å². The second-order valence-corrected chi connectivity index (χ2v) is 8.87. The van der Waals surface area contributed by atoms with Crippen molar-refractivity contribution in [3.63, 3.8) is 0 Å². The number of benzene rings is 2. The quantitative estimate of drug-likeness (QED) is 0.474. The van der Waals surface area contributed by atoms with Gasteiger partial charge >= 0.3 is 11.1 Å². The molecule has 6 nitrogen and oxygen atoms in total. The van der Waals surface area contributed by atoms with Crippen LogP contribution in [-0.2, 0) is 13.6 Å². The SMILES string of the molecule is Cn1c(=O)c(=O)n(C2CCN(Cc3nc4ccccc4s3)CC2)c2ccc(F)cc21. The minimum atomic E-state index is -0.620. The topological polar surface area (TPSA) is 60.1 Å². The highest BCUT2D eigenvalue weighted by Gasteiger charge is 2.25. The number of fused-ring (bicyclic) bond motifs is 2. The van der Waals surface area contributed by atoms with E-state index in [4.69, 9.17) is 4.98 Å². The summed E-state index contributed by atoms with van der Waals surface area (Å²) < 4.78 is 17.7. The fourth-order valence-corrected chi connectivity index (χ4v) is 5.32. The Morgan fingerprint density at radius 3 is 2.60 bits per heavy atom. The van der Waals surface area contributed by atoms with Gasteiger partial charge in [0.05, 0.1) is 27.8 Å². The van der Waals surface area contributed by atoms with Crippen molar-refractivity contribution in [2.45, 2.75) is 25.4 Å². The Hall–Kier alpha value is -2.84. The predicted octanol–water partition coefficient (Wildman–Crippen LogP) is 3.29. The lowest BCUT2D eigenvalue weighted by Crippen LogP contribution is -2.44. The number of likely N-dealkylation sites (tertiary alicyclic amines) is 1. The molecule has 0 spiro atoms. The van der Waals surface area contributed by atoms with Crippen LogP contribution in [0.25, 0.3) is 21.3 Å². The van der Waals surface area contributed by atoms with Gasteiger partial charge < -0.3 is 4.57 Å². The van der Waals surface area contributed by atoms with Crippen LogP contribution < -0.4 is 11.1 Å². The molecular weight excluding hydrogens is 403 g/mol. The maximum atomic E-state index is 13.7. The Morgan fingerprint density at radius 2 is 1.83 bits per heavy atom. The molecule has 0 aliphatic carbocycles. The number of thiazole rings is 1. The summed E-state index contributed by atoms with van der Waals surface area (Å²) in [6.45, 7) is 2.40. The predicted molar refractivity (Wildman–Crippen MR) is 117 cm³/mol. The highest BCUT2D eigenvalue weighted by molar-refractivity contribution is 7.18. The monoisotopic (exact) mass is 424 g/mol. The molecule has 4 aromatic rings. The van der Waals surface area contributed by atoms with Crippen molar-refractivity contribution < 1.29 is 4.39 Å². The Bertz CT molecular complexity index is 1330. The zero-order valence-electron chi connectivity index (χ0n) is 16.5. The van der Waals surface area contributed by atoms with E-state index in [1.54, 1.807) is 22.0 Å². The zero-order valence-corrected chi connectivity index (χ0v) is 17.4. The van der Waals surface area contributed by atoms with Crippen LogP contribution >= 0.6 is 11.3 Å². The Morgan fingerprint density at radius 1 is 1.07 bits per heavy atom. The molecule has 0 amide bonds. The molecule has 0 saturated carbocycles. The first-order chi connectivity index (χ1) is 14.5. The summed E-state index contributed by atoms with van der Waals surface area (Å²) in [6.07, 6.45) is 1.51.